The van der Waals surface area contributed by atoms with Crippen LogP contribution in [0.5, 0.6) is 0 Å². The van der Waals surface area contributed by atoms with E-state index in [-0.39, 0.29) is 5.91 Å². The topological polar surface area (TPSA) is 44.4 Å². The highest BCUT2D eigenvalue weighted by Crippen LogP contribution is 2.16. The van der Waals surface area contributed by atoms with Crippen molar-refractivity contribution in [3.8, 4) is 0 Å². The van der Waals surface area contributed by atoms with Gasteiger partial charge in [-0.25, -0.2) is 0 Å². The molecular weight excluding hydrogens is 286 g/mol. The molecule has 0 bridgehead atoms. The van der Waals surface area contributed by atoms with E-state index in [1.54, 1.807) is 0 Å². The minimum Gasteiger partial charge on any atom is -0.352 e. The van der Waals surface area contributed by atoms with Crippen LogP contribution in [0.25, 0.3) is 0 Å². The molecule has 0 atom stereocenters. The summed E-state index contributed by atoms with van der Waals surface area (Å²) in [5.74, 6) is 0.143. The molecule has 0 spiro atoms. The summed E-state index contributed by atoms with van der Waals surface area (Å²) in [6, 6.07) is 8.51. The van der Waals surface area contributed by atoms with E-state index in [0.29, 0.717) is 13.0 Å². The Morgan fingerprint density at radius 1 is 1.09 bits per heavy atom. The standard InChI is InChI=1S/C19H31N3O/c1-20-12-8-11-19(23)21-15-17-9-4-5-10-18(17)16-22-13-6-2-3-7-14-22/h4-5,9-10,20H,2-3,6-8,11-16H2,1H3,(H,21,23). The van der Waals surface area contributed by atoms with E-state index < -0.39 is 0 Å². The van der Waals surface area contributed by atoms with Crippen molar-refractivity contribution >= 4 is 5.91 Å². The molecule has 0 saturated carbocycles. The number of carbonyl (C=O) groups excluding carboxylic acids is 1. The van der Waals surface area contributed by atoms with Crippen LogP contribution in [0.2, 0.25) is 0 Å². The Morgan fingerprint density at radius 3 is 2.48 bits per heavy atom. The summed E-state index contributed by atoms with van der Waals surface area (Å²) < 4.78 is 0. The van der Waals surface area contributed by atoms with Crippen molar-refractivity contribution in [3.05, 3.63) is 35.4 Å². The predicted molar refractivity (Wildman–Crippen MR) is 95.2 cm³/mol. The number of likely N-dealkylation sites (tertiary alicyclic amines) is 1. The molecule has 128 valence electrons. The zero-order chi connectivity index (χ0) is 16.3. The first kappa shape index (κ1) is 18.0. The van der Waals surface area contributed by atoms with Crippen LogP contribution in [-0.2, 0) is 17.9 Å². The van der Waals surface area contributed by atoms with Gasteiger partial charge in [0.15, 0.2) is 0 Å². The molecule has 1 aromatic carbocycles. The molecule has 0 aromatic heterocycles. The molecule has 0 aliphatic carbocycles. The van der Waals surface area contributed by atoms with E-state index in [1.165, 1.54) is 49.9 Å². The maximum atomic E-state index is 11.9. The zero-order valence-electron chi connectivity index (χ0n) is 14.4. The van der Waals surface area contributed by atoms with Crippen molar-refractivity contribution in [2.24, 2.45) is 0 Å². The van der Waals surface area contributed by atoms with E-state index in [4.69, 9.17) is 0 Å². The molecule has 1 aliphatic heterocycles. The third-order valence-electron chi connectivity index (χ3n) is 4.52. The number of carbonyl (C=O) groups is 1. The van der Waals surface area contributed by atoms with E-state index in [2.05, 4.69) is 39.8 Å². The average molecular weight is 317 g/mol. The van der Waals surface area contributed by atoms with E-state index in [9.17, 15) is 4.79 Å². The summed E-state index contributed by atoms with van der Waals surface area (Å²) in [5, 5.41) is 6.13. The number of hydrogen-bond acceptors (Lipinski definition) is 3. The lowest BCUT2D eigenvalue weighted by Gasteiger charge is -2.21. The van der Waals surface area contributed by atoms with Crippen LogP contribution < -0.4 is 10.6 Å². The summed E-state index contributed by atoms with van der Waals surface area (Å²) in [4.78, 5) is 14.4. The Labute approximate surface area is 140 Å². The quantitative estimate of drug-likeness (QED) is 0.725. The number of hydrogen-bond donors (Lipinski definition) is 2. The number of nitrogens with zero attached hydrogens (tertiary/aromatic N) is 1. The molecule has 2 N–H and O–H groups in total. The molecule has 1 saturated heterocycles. The van der Waals surface area contributed by atoms with Crippen LogP contribution in [0.1, 0.15) is 49.7 Å². The monoisotopic (exact) mass is 317 g/mol. The minimum atomic E-state index is 0.143. The van der Waals surface area contributed by atoms with Gasteiger partial charge in [-0.2, -0.15) is 0 Å². The number of benzene rings is 1. The zero-order valence-corrected chi connectivity index (χ0v) is 14.4. The van der Waals surface area contributed by atoms with E-state index >= 15 is 0 Å². The van der Waals surface area contributed by atoms with Gasteiger partial charge in [-0.15, -0.1) is 0 Å². The summed E-state index contributed by atoms with van der Waals surface area (Å²) >= 11 is 0. The fraction of sp³-hybridized carbons (Fsp3) is 0.632. The van der Waals surface area contributed by atoms with Gasteiger partial charge in [-0.3, -0.25) is 9.69 Å². The second-order valence-corrected chi connectivity index (χ2v) is 6.44. The maximum Gasteiger partial charge on any atom is 0.220 e. The first-order valence-electron chi connectivity index (χ1n) is 9.00. The van der Waals surface area contributed by atoms with Gasteiger partial charge in [-0.1, -0.05) is 37.1 Å². The first-order valence-corrected chi connectivity index (χ1v) is 9.00. The molecule has 4 heteroatoms. The Kier molecular flexibility index (Phi) is 8.12. The van der Waals surface area contributed by atoms with E-state index in [1.807, 2.05) is 7.05 Å². The van der Waals surface area contributed by atoms with Gasteiger partial charge in [0.1, 0.15) is 0 Å². The molecule has 1 amide bonds. The molecule has 4 nitrogen and oxygen atoms in total. The summed E-state index contributed by atoms with van der Waals surface area (Å²) in [6.07, 6.45) is 6.82. The molecule has 1 aromatic rings. The van der Waals surface area contributed by atoms with Crippen molar-refractivity contribution in [2.45, 2.75) is 51.6 Å². The van der Waals surface area contributed by atoms with Crippen molar-refractivity contribution in [2.75, 3.05) is 26.7 Å². The fourth-order valence-electron chi connectivity index (χ4n) is 3.13. The number of nitrogens with one attached hydrogen (secondary N) is 2. The van der Waals surface area contributed by atoms with Gasteiger partial charge in [0.2, 0.25) is 5.91 Å². The smallest absolute Gasteiger partial charge is 0.220 e. The molecule has 1 heterocycles. The maximum absolute atomic E-state index is 11.9. The highest BCUT2D eigenvalue weighted by atomic mass is 16.1. The van der Waals surface area contributed by atoms with Crippen LogP contribution in [0.4, 0.5) is 0 Å². The van der Waals surface area contributed by atoms with Gasteiger partial charge in [-0.05, 0) is 57.1 Å². The first-order chi connectivity index (χ1) is 11.3. The second kappa shape index (κ2) is 10.4. The van der Waals surface area contributed by atoms with Gasteiger partial charge in [0, 0.05) is 19.5 Å². The van der Waals surface area contributed by atoms with Crippen LogP contribution in [0, 0.1) is 0 Å². The minimum absolute atomic E-state index is 0.143. The van der Waals surface area contributed by atoms with Crippen molar-refractivity contribution in [1.29, 1.82) is 0 Å². The van der Waals surface area contributed by atoms with Crippen LogP contribution in [0.15, 0.2) is 24.3 Å². The van der Waals surface area contributed by atoms with Gasteiger partial charge < -0.3 is 10.6 Å². The van der Waals surface area contributed by atoms with Crippen LogP contribution in [0.3, 0.4) is 0 Å². The van der Waals surface area contributed by atoms with Crippen molar-refractivity contribution < 1.29 is 4.79 Å². The Bertz CT molecular complexity index is 467. The molecular formula is C19H31N3O. The summed E-state index contributed by atoms with van der Waals surface area (Å²) in [6.45, 7) is 4.93. The summed E-state index contributed by atoms with van der Waals surface area (Å²) in [5.41, 5.74) is 2.60. The van der Waals surface area contributed by atoms with Gasteiger partial charge >= 0.3 is 0 Å². The third-order valence-corrected chi connectivity index (χ3v) is 4.52. The normalized spacial score (nSPS) is 16.0. The lowest BCUT2D eigenvalue weighted by molar-refractivity contribution is -0.121. The van der Waals surface area contributed by atoms with Crippen molar-refractivity contribution in [1.82, 2.24) is 15.5 Å². The third kappa shape index (κ3) is 6.71. The van der Waals surface area contributed by atoms with Gasteiger partial charge in [0.05, 0.1) is 0 Å². The molecule has 23 heavy (non-hydrogen) atoms. The average Bonchev–Trinajstić information content (AvgIpc) is 2.83. The molecule has 0 radical (unpaired) electrons. The Hall–Kier alpha value is -1.39. The molecule has 2 rings (SSSR count). The Morgan fingerprint density at radius 2 is 1.78 bits per heavy atom. The lowest BCUT2D eigenvalue weighted by Crippen LogP contribution is -2.27. The van der Waals surface area contributed by atoms with Crippen LogP contribution in [-0.4, -0.2) is 37.5 Å². The highest BCUT2D eigenvalue weighted by Gasteiger charge is 2.12. The molecule has 0 unspecified atom stereocenters. The SMILES string of the molecule is CNCCCC(=O)NCc1ccccc1CN1CCCCCC1. The fourth-order valence-corrected chi connectivity index (χ4v) is 3.13. The molecule has 1 fully saturated rings. The number of rotatable bonds is 8. The predicted octanol–water partition coefficient (Wildman–Crippen LogP) is 2.68. The molecule has 1 aliphatic rings. The van der Waals surface area contributed by atoms with E-state index in [0.717, 1.165) is 19.5 Å². The van der Waals surface area contributed by atoms with Crippen molar-refractivity contribution in [3.63, 3.8) is 0 Å². The lowest BCUT2D eigenvalue weighted by atomic mass is 10.1. The Balaban J connectivity index is 1.85. The highest BCUT2D eigenvalue weighted by molar-refractivity contribution is 5.75. The number of amides is 1. The second-order valence-electron chi connectivity index (χ2n) is 6.44. The largest absolute Gasteiger partial charge is 0.352 e. The summed E-state index contributed by atoms with van der Waals surface area (Å²) in [7, 11) is 1.91. The van der Waals surface area contributed by atoms with Gasteiger partial charge in [0.25, 0.3) is 0 Å². The van der Waals surface area contributed by atoms with Crippen LogP contribution >= 0.6 is 0 Å².